The second kappa shape index (κ2) is 8.83. The van der Waals surface area contributed by atoms with E-state index in [1.54, 1.807) is 6.92 Å². The highest BCUT2D eigenvalue weighted by atomic mass is 16.5. The number of ether oxygens (including phenoxy) is 2. The summed E-state index contributed by atoms with van der Waals surface area (Å²) < 4.78 is 10.8. The van der Waals surface area contributed by atoms with Crippen LogP contribution >= 0.6 is 0 Å². The van der Waals surface area contributed by atoms with Crippen LogP contribution < -0.4 is 0 Å². The highest BCUT2D eigenvalue weighted by Gasteiger charge is 2.27. The van der Waals surface area contributed by atoms with Crippen LogP contribution in [0.5, 0.6) is 0 Å². The first-order chi connectivity index (χ1) is 7.99. The summed E-state index contributed by atoms with van der Waals surface area (Å²) in [6, 6.07) is 0. The van der Waals surface area contributed by atoms with Crippen molar-refractivity contribution >= 4 is 0 Å². The van der Waals surface area contributed by atoms with E-state index in [1.807, 2.05) is 13.8 Å². The largest absolute Gasteiger partial charge is 0.396 e. The van der Waals surface area contributed by atoms with E-state index >= 15 is 0 Å². The van der Waals surface area contributed by atoms with Crippen LogP contribution in [-0.4, -0.2) is 60.6 Å². The van der Waals surface area contributed by atoms with Crippen molar-refractivity contribution in [3.05, 3.63) is 0 Å². The number of rotatable bonds is 10. The van der Waals surface area contributed by atoms with Gasteiger partial charge in [-0.05, 0) is 20.3 Å². The zero-order chi connectivity index (χ0) is 13.3. The monoisotopic (exact) mass is 250 g/mol. The minimum Gasteiger partial charge on any atom is -0.396 e. The Morgan fingerprint density at radius 3 is 2.12 bits per heavy atom. The van der Waals surface area contributed by atoms with Gasteiger partial charge < -0.3 is 24.8 Å². The van der Waals surface area contributed by atoms with Crippen LogP contribution in [0.15, 0.2) is 0 Å². The highest BCUT2D eigenvalue weighted by molar-refractivity contribution is 4.76. The van der Waals surface area contributed by atoms with E-state index in [2.05, 4.69) is 0 Å². The zero-order valence-electron chi connectivity index (χ0n) is 11.1. The molecule has 0 bridgehead atoms. The summed E-state index contributed by atoms with van der Waals surface area (Å²) in [5, 5.41) is 27.5. The normalized spacial score (nSPS) is 15.9. The van der Waals surface area contributed by atoms with Crippen molar-refractivity contribution in [1.29, 1.82) is 0 Å². The van der Waals surface area contributed by atoms with Crippen molar-refractivity contribution in [2.24, 2.45) is 5.41 Å². The lowest BCUT2D eigenvalue weighted by Crippen LogP contribution is -2.36. The van der Waals surface area contributed by atoms with Gasteiger partial charge in [-0.3, -0.25) is 0 Å². The van der Waals surface area contributed by atoms with Crippen LogP contribution in [-0.2, 0) is 9.47 Å². The van der Waals surface area contributed by atoms with Gasteiger partial charge in [-0.2, -0.15) is 0 Å². The fourth-order valence-corrected chi connectivity index (χ4v) is 1.24. The van der Waals surface area contributed by atoms with Crippen LogP contribution in [0.3, 0.4) is 0 Å². The van der Waals surface area contributed by atoms with E-state index in [4.69, 9.17) is 14.6 Å². The second-order valence-corrected chi connectivity index (χ2v) is 4.68. The standard InChI is InChI=1S/C12H26O5/c1-4-12(7-13,8-14)9-17-11(3)6-16-5-10(2)15/h10-11,13-15H,4-9H2,1-3H3. The first-order valence-corrected chi connectivity index (χ1v) is 6.08. The summed E-state index contributed by atoms with van der Waals surface area (Å²) in [5.41, 5.74) is -0.571. The van der Waals surface area contributed by atoms with Crippen molar-refractivity contribution in [3.8, 4) is 0 Å². The molecule has 0 aliphatic heterocycles. The molecule has 0 aromatic carbocycles. The van der Waals surface area contributed by atoms with Gasteiger partial charge in [-0.25, -0.2) is 0 Å². The van der Waals surface area contributed by atoms with Gasteiger partial charge in [0.1, 0.15) is 0 Å². The van der Waals surface area contributed by atoms with Crippen LogP contribution in [0.25, 0.3) is 0 Å². The number of aliphatic hydroxyl groups is 3. The topological polar surface area (TPSA) is 79.2 Å². The van der Waals surface area contributed by atoms with Crippen LogP contribution in [0, 0.1) is 5.41 Å². The third kappa shape index (κ3) is 6.95. The molecule has 17 heavy (non-hydrogen) atoms. The molecule has 0 spiro atoms. The molecule has 0 saturated heterocycles. The van der Waals surface area contributed by atoms with Gasteiger partial charge in [-0.15, -0.1) is 0 Å². The fourth-order valence-electron chi connectivity index (χ4n) is 1.24. The molecule has 2 atom stereocenters. The summed E-state index contributed by atoms with van der Waals surface area (Å²) in [7, 11) is 0. The Morgan fingerprint density at radius 1 is 1.12 bits per heavy atom. The lowest BCUT2D eigenvalue weighted by atomic mass is 9.88. The summed E-state index contributed by atoms with van der Waals surface area (Å²) in [4.78, 5) is 0. The van der Waals surface area contributed by atoms with Crippen molar-refractivity contribution < 1.29 is 24.8 Å². The molecule has 0 aromatic heterocycles. The quantitative estimate of drug-likeness (QED) is 0.515. The van der Waals surface area contributed by atoms with E-state index in [-0.39, 0.29) is 25.9 Å². The molecule has 5 heteroatoms. The van der Waals surface area contributed by atoms with Crippen LogP contribution in [0.1, 0.15) is 27.2 Å². The lowest BCUT2D eigenvalue weighted by Gasteiger charge is -2.29. The van der Waals surface area contributed by atoms with Gasteiger partial charge in [0.15, 0.2) is 0 Å². The average molecular weight is 250 g/mol. The minimum absolute atomic E-state index is 0.0960. The Balaban J connectivity index is 3.84. The van der Waals surface area contributed by atoms with E-state index in [1.165, 1.54) is 0 Å². The Bertz CT molecular complexity index is 171. The molecule has 0 aromatic rings. The first kappa shape index (κ1) is 16.8. The Kier molecular flexibility index (Phi) is 8.72. The SMILES string of the molecule is CCC(CO)(CO)COC(C)COCC(C)O. The van der Waals surface area contributed by atoms with Gasteiger partial charge in [0.2, 0.25) is 0 Å². The second-order valence-electron chi connectivity index (χ2n) is 4.68. The molecule has 3 N–H and O–H groups in total. The van der Waals surface area contributed by atoms with E-state index in [0.29, 0.717) is 19.6 Å². The molecular formula is C12H26O5. The Morgan fingerprint density at radius 2 is 1.71 bits per heavy atom. The van der Waals surface area contributed by atoms with Gasteiger partial charge in [-0.1, -0.05) is 6.92 Å². The van der Waals surface area contributed by atoms with Crippen molar-refractivity contribution in [1.82, 2.24) is 0 Å². The molecule has 0 fully saturated rings. The number of aliphatic hydroxyl groups excluding tert-OH is 3. The average Bonchev–Trinajstić information content (AvgIpc) is 2.31. The lowest BCUT2D eigenvalue weighted by molar-refractivity contribution is -0.0807. The molecule has 5 nitrogen and oxygen atoms in total. The summed E-state index contributed by atoms with van der Waals surface area (Å²) in [6.07, 6.45) is 0.0472. The summed E-state index contributed by atoms with van der Waals surface area (Å²) in [5.74, 6) is 0. The minimum atomic E-state index is -0.571. The smallest absolute Gasteiger partial charge is 0.0780 e. The third-order valence-corrected chi connectivity index (χ3v) is 2.81. The van der Waals surface area contributed by atoms with Gasteiger partial charge in [0.25, 0.3) is 0 Å². The number of hydrogen-bond acceptors (Lipinski definition) is 5. The van der Waals surface area contributed by atoms with E-state index < -0.39 is 11.5 Å². The summed E-state index contributed by atoms with van der Waals surface area (Å²) >= 11 is 0. The maximum Gasteiger partial charge on any atom is 0.0780 e. The van der Waals surface area contributed by atoms with E-state index in [0.717, 1.165) is 0 Å². The zero-order valence-corrected chi connectivity index (χ0v) is 11.1. The third-order valence-electron chi connectivity index (χ3n) is 2.81. The molecular weight excluding hydrogens is 224 g/mol. The molecule has 2 unspecified atom stereocenters. The fraction of sp³-hybridized carbons (Fsp3) is 1.00. The van der Waals surface area contributed by atoms with E-state index in [9.17, 15) is 10.2 Å². The first-order valence-electron chi connectivity index (χ1n) is 6.08. The van der Waals surface area contributed by atoms with Crippen molar-refractivity contribution in [2.45, 2.75) is 39.4 Å². The predicted octanol–water partition coefficient (Wildman–Crippen LogP) is 0.170. The molecule has 0 radical (unpaired) electrons. The molecule has 0 saturated carbocycles. The molecule has 104 valence electrons. The summed E-state index contributed by atoms with van der Waals surface area (Å²) in [6.45, 7) is 6.21. The highest BCUT2D eigenvalue weighted by Crippen LogP contribution is 2.21. The molecule has 0 rings (SSSR count). The Labute approximate surface area is 103 Å². The van der Waals surface area contributed by atoms with Crippen LogP contribution in [0.2, 0.25) is 0 Å². The van der Waals surface area contributed by atoms with Gasteiger partial charge in [0.05, 0.1) is 45.2 Å². The van der Waals surface area contributed by atoms with Crippen LogP contribution in [0.4, 0.5) is 0 Å². The maximum absolute atomic E-state index is 9.23. The maximum atomic E-state index is 9.23. The van der Waals surface area contributed by atoms with Crippen molar-refractivity contribution in [2.75, 3.05) is 33.0 Å². The molecule has 0 heterocycles. The number of hydrogen-bond donors (Lipinski definition) is 3. The Hall–Kier alpha value is -0.200. The molecule has 0 aliphatic rings. The molecule has 0 amide bonds. The van der Waals surface area contributed by atoms with Crippen molar-refractivity contribution in [3.63, 3.8) is 0 Å². The van der Waals surface area contributed by atoms with Gasteiger partial charge in [0, 0.05) is 5.41 Å². The molecule has 0 aliphatic carbocycles. The predicted molar refractivity (Wildman–Crippen MR) is 64.8 cm³/mol. The van der Waals surface area contributed by atoms with Gasteiger partial charge >= 0.3 is 0 Å².